The molecule has 0 saturated carbocycles. The van der Waals surface area contributed by atoms with Gasteiger partial charge in [0.1, 0.15) is 0 Å². The van der Waals surface area contributed by atoms with Gasteiger partial charge in [0.15, 0.2) is 0 Å². The molecule has 4 rings (SSSR count). The van der Waals surface area contributed by atoms with Crippen LogP contribution in [0, 0.1) is 0 Å². The molecule has 2 aromatic carbocycles. The number of aromatic nitrogens is 2. The maximum absolute atomic E-state index is 4.76. The zero-order valence-electron chi connectivity index (χ0n) is 14.2. The molecule has 0 spiro atoms. The van der Waals surface area contributed by atoms with Crippen molar-refractivity contribution in [3.63, 3.8) is 0 Å². The quantitative estimate of drug-likeness (QED) is 0.391. The van der Waals surface area contributed by atoms with Crippen molar-refractivity contribution in [2.45, 2.75) is 0 Å². The van der Waals surface area contributed by atoms with Crippen molar-refractivity contribution < 1.29 is 0 Å². The highest BCUT2D eigenvalue weighted by atomic mass is 79.9. The Labute approximate surface area is 169 Å². The van der Waals surface area contributed by atoms with Crippen molar-refractivity contribution in [3.05, 3.63) is 99.3 Å². The maximum Gasteiger partial charge on any atom is 0.211 e. The summed E-state index contributed by atoms with van der Waals surface area (Å²) in [7, 11) is 0. The van der Waals surface area contributed by atoms with Crippen LogP contribution in [0.1, 0.15) is 5.69 Å². The summed E-state index contributed by atoms with van der Waals surface area (Å²) in [4.78, 5) is 9.86. The van der Waals surface area contributed by atoms with Crippen LogP contribution in [-0.2, 0) is 0 Å². The predicted octanol–water partition coefficient (Wildman–Crippen LogP) is 5.49. The molecule has 0 amide bonds. The first kappa shape index (κ1) is 17.6. The van der Waals surface area contributed by atoms with Gasteiger partial charge >= 0.3 is 0 Å². The van der Waals surface area contributed by atoms with Crippen LogP contribution in [0.4, 0.5) is 5.69 Å². The molecule has 0 aliphatic heterocycles. The predicted molar refractivity (Wildman–Crippen MR) is 114 cm³/mol. The lowest BCUT2D eigenvalue weighted by Crippen LogP contribution is -2.11. The molecule has 0 bridgehead atoms. The maximum atomic E-state index is 4.76. The zero-order valence-corrected chi connectivity index (χ0v) is 16.6. The Kier molecular flexibility index (Phi) is 5.37. The standard InChI is InChI=1S/C21H15BrN4S/c22-17-8-6-7-16(13-17)20-15-27-21(25-18-9-2-1-3-10-18)26(20)24-14-19-11-4-5-12-23-19/h1-15H/b24-14-,25-21?. The van der Waals surface area contributed by atoms with Gasteiger partial charge in [-0.05, 0) is 36.4 Å². The average Bonchev–Trinajstić information content (AvgIpc) is 3.10. The van der Waals surface area contributed by atoms with E-state index in [9.17, 15) is 0 Å². The number of nitrogens with zero attached hydrogens (tertiary/aromatic N) is 4. The third-order valence-electron chi connectivity index (χ3n) is 3.78. The monoisotopic (exact) mass is 434 g/mol. The molecule has 6 heteroatoms. The van der Waals surface area contributed by atoms with Gasteiger partial charge in [0.25, 0.3) is 0 Å². The fourth-order valence-corrected chi connectivity index (χ4v) is 3.77. The number of hydrogen-bond donors (Lipinski definition) is 0. The summed E-state index contributed by atoms with van der Waals surface area (Å²) in [6.07, 6.45) is 3.50. The normalized spacial score (nSPS) is 12.0. The highest BCUT2D eigenvalue weighted by molar-refractivity contribution is 9.10. The van der Waals surface area contributed by atoms with Gasteiger partial charge < -0.3 is 0 Å². The molecule has 0 aliphatic carbocycles. The molecule has 27 heavy (non-hydrogen) atoms. The molecule has 0 fully saturated rings. The first-order chi connectivity index (χ1) is 13.3. The minimum absolute atomic E-state index is 0.794. The molecule has 0 N–H and O–H groups in total. The number of benzene rings is 2. The van der Waals surface area contributed by atoms with E-state index in [1.807, 2.05) is 65.3 Å². The molecular formula is C21H15BrN4S. The molecule has 0 aliphatic rings. The summed E-state index contributed by atoms with van der Waals surface area (Å²) < 4.78 is 2.88. The Morgan fingerprint density at radius 3 is 2.59 bits per heavy atom. The van der Waals surface area contributed by atoms with Gasteiger partial charge in [0, 0.05) is 21.6 Å². The highest BCUT2D eigenvalue weighted by Gasteiger charge is 2.08. The molecule has 4 aromatic rings. The van der Waals surface area contributed by atoms with E-state index in [-0.39, 0.29) is 0 Å². The SMILES string of the molecule is Brc1cccc(-c2csc(=Nc3ccccc3)n2/N=C\c2ccccn2)c1. The van der Waals surface area contributed by atoms with Crippen molar-refractivity contribution in [1.29, 1.82) is 0 Å². The Balaban J connectivity index is 1.85. The zero-order chi connectivity index (χ0) is 18.5. The molecule has 0 atom stereocenters. The molecular weight excluding hydrogens is 420 g/mol. The van der Waals surface area contributed by atoms with E-state index in [2.05, 4.69) is 43.5 Å². The molecule has 0 saturated heterocycles. The van der Waals surface area contributed by atoms with Crippen LogP contribution in [0.5, 0.6) is 0 Å². The number of rotatable bonds is 4. The van der Waals surface area contributed by atoms with Crippen LogP contribution >= 0.6 is 27.3 Å². The van der Waals surface area contributed by atoms with Gasteiger partial charge in [0.05, 0.1) is 23.3 Å². The fourth-order valence-electron chi connectivity index (χ4n) is 2.52. The van der Waals surface area contributed by atoms with Gasteiger partial charge in [-0.15, -0.1) is 11.3 Å². The summed E-state index contributed by atoms with van der Waals surface area (Å²) in [6, 6.07) is 23.8. The average molecular weight is 435 g/mol. The Bertz CT molecular complexity index is 1130. The van der Waals surface area contributed by atoms with Crippen LogP contribution in [0.3, 0.4) is 0 Å². The lowest BCUT2D eigenvalue weighted by atomic mass is 10.2. The number of hydrogen-bond acceptors (Lipinski definition) is 4. The van der Waals surface area contributed by atoms with Crippen LogP contribution in [0.2, 0.25) is 0 Å². The molecule has 2 heterocycles. The van der Waals surface area contributed by atoms with Gasteiger partial charge in [-0.2, -0.15) is 5.10 Å². The summed E-state index contributed by atoms with van der Waals surface area (Å²) in [5, 5.41) is 6.74. The second kappa shape index (κ2) is 8.24. The Morgan fingerprint density at radius 2 is 1.81 bits per heavy atom. The van der Waals surface area contributed by atoms with Crippen molar-refractivity contribution >= 4 is 39.2 Å². The molecule has 2 aromatic heterocycles. The third kappa shape index (κ3) is 4.30. The first-order valence-electron chi connectivity index (χ1n) is 8.31. The van der Waals surface area contributed by atoms with E-state index in [0.29, 0.717) is 0 Å². The van der Waals surface area contributed by atoms with Crippen molar-refractivity contribution in [2.24, 2.45) is 10.1 Å². The molecule has 4 nitrogen and oxygen atoms in total. The van der Waals surface area contributed by atoms with Crippen molar-refractivity contribution in [3.8, 4) is 11.3 Å². The number of thiazole rings is 1. The van der Waals surface area contributed by atoms with Gasteiger partial charge in [-0.1, -0.05) is 52.3 Å². The Hall–Kier alpha value is -2.83. The lowest BCUT2D eigenvalue weighted by Gasteiger charge is -2.04. The van der Waals surface area contributed by atoms with E-state index in [0.717, 1.165) is 31.9 Å². The third-order valence-corrected chi connectivity index (χ3v) is 5.09. The van der Waals surface area contributed by atoms with Crippen molar-refractivity contribution in [2.75, 3.05) is 0 Å². The van der Waals surface area contributed by atoms with E-state index in [4.69, 9.17) is 4.99 Å². The summed E-state index contributed by atoms with van der Waals surface area (Å²) in [5.74, 6) is 0. The minimum Gasteiger partial charge on any atom is -0.255 e. The summed E-state index contributed by atoms with van der Waals surface area (Å²) in [5.41, 5.74) is 3.72. The van der Waals surface area contributed by atoms with Crippen molar-refractivity contribution in [1.82, 2.24) is 9.66 Å². The van der Waals surface area contributed by atoms with E-state index < -0.39 is 0 Å². The van der Waals surface area contributed by atoms with Gasteiger partial charge in [-0.25, -0.2) is 9.67 Å². The Morgan fingerprint density at radius 1 is 0.963 bits per heavy atom. The molecule has 132 valence electrons. The van der Waals surface area contributed by atoms with E-state index >= 15 is 0 Å². The second-order valence-electron chi connectivity index (χ2n) is 5.67. The van der Waals surface area contributed by atoms with Gasteiger partial charge in [0.2, 0.25) is 4.80 Å². The number of pyridine rings is 1. The van der Waals surface area contributed by atoms with Crippen LogP contribution in [0.15, 0.2) is 98.9 Å². The second-order valence-corrected chi connectivity index (χ2v) is 7.42. The van der Waals surface area contributed by atoms with Gasteiger partial charge in [-0.3, -0.25) is 4.98 Å². The fraction of sp³-hybridized carbons (Fsp3) is 0. The lowest BCUT2D eigenvalue weighted by molar-refractivity contribution is 0.853. The first-order valence-corrected chi connectivity index (χ1v) is 9.98. The smallest absolute Gasteiger partial charge is 0.211 e. The van der Waals surface area contributed by atoms with Crippen LogP contribution < -0.4 is 4.80 Å². The van der Waals surface area contributed by atoms with Crippen LogP contribution in [-0.4, -0.2) is 15.9 Å². The minimum atomic E-state index is 0.794. The summed E-state index contributed by atoms with van der Waals surface area (Å²) >= 11 is 5.10. The summed E-state index contributed by atoms with van der Waals surface area (Å²) in [6.45, 7) is 0. The van der Waals surface area contributed by atoms with Crippen LogP contribution in [0.25, 0.3) is 11.3 Å². The molecule has 0 unspecified atom stereocenters. The highest BCUT2D eigenvalue weighted by Crippen LogP contribution is 2.24. The number of para-hydroxylation sites is 1. The largest absolute Gasteiger partial charge is 0.255 e. The van der Waals surface area contributed by atoms with E-state index in [1.165, 1.54) is 0 Å². The topological polar surface area (TPSA) is 42.5 Å². The number of halogens is 1. The van der Waals surface area contributed by atoms with E-state index in [1.54, 1.807) is 23.7 Å². The molecule has 0 radical (unpaired) electrons.